The van der Waals surface area contributed by atoms with Crippen molar-refractivity contribution in [3.8, 4) is 11.5 Å². The summed E-state index contributed by atoms with van der Waals surface area (Å²) in [5.41, 5.74) is 0.820. The van der Waals surface area contributed by atoms with Crippen LogP contribution in [-0.2, 0) is 10.2 Å². The monoisotopic (exact) mass is 236 g/mol. The van der Waals surface area contributed by atoms with Crippen LogP contribution >= 0.6 is 0 Å². The topological polar surface area (TPSA) is 47.9 Å². The van der Waals surface area contributed by atoms with Gasteiger partial charge in [0.15, 0.2) is 11.5 Å². The first-order chi connectivity index (χ1) is 8.34. The molecule has 2 heterocycles. The number of benzene rings is 1. The fraction of sp³-hybridized carbons (Fsp3) is 0.538. The number of hydrogen-bond acceptors (Lipinski definition) is 4. The van der Waals surface area contributed by atoms with Crippen LogP contribution in [-0.4, -0.2) is 38.1 Å². The molecule has 0 spiro atoms. The highest BCUT2D eigenvalue weighted by Crippen LogP contribution is 2.38. The van der Waals surface area contributed by atoms with Crippen molar-refractivity contribution in [1.29, 1.82) is 0 Å². The van der Waals surface area contributed by atoms with E-state index in [4.69, 9.17) is 14.2 Å². The minimum atomic E-state index is -0.245. The first kappa shape index (κ1) is 10.9. The molecule has 0 amide bonds. The van der Waals surface area contributed by atoms with Crippen LogP contribution in [0.4, 0.5) is 0 Å². The van der Waals surface area contributed by atoms with Crippen molar-refractivity contribution in [3.05, 3.63) is 23.8 Å². The highest BCUT2D eigenvalue weighted by atomic mass is 16.5. The molecule has 0 unspecified atom stereocenters. The van der Waals surface area contributed by atoms with E-state index in [2.05, 4.69) is 0 Å². The van der Waals surface area contributed by atoms with Gasteiger partial charge in [0.1, 0.15) is 0 Å². The summed E-state index contributed by atoms with van der Waals surface area (Å²) < 4.78 is 16.5. The molecule has 1 N–H and O–H groups in total. The van der Waals surface area contributed by atoms with Gasteiger partial charge < -0.3 is 19.3 Å². The molecule has 0 aliphatic carbocycles. The summed E-state index contributed by atoms with van der Waals surface area (Å²) in [6.45, 7) is 2.62. The third-order valence-corrected chi connectivity index (χ3v) is 3.42. The Morgan fingerprint density at radius 2 is 1.88 bits per heavy atom. The van der Waals surface area contributed by atoms with Crippen LogP contribution < -0.4 is 9.47 Å². The average molecular weight is 236 g/mol. The van der Waals surface area contributed by atoms with Gasteiger partial charge in [-0.1, -0.05) is 6.07 Å². The number of hydrogen-bond donors (Lipinski definition) is 1. The molecule has 0 bridgehead atoms. The second kappa shape index (κ2) is 4.20. The van der Waals surface area contributed by atoms with Gasteiger partial charge in [-0.05, 0) is 17.7 Å². The minimum absolute atomic E-state index is 0.104. The standard InChI is InChI=1S/C13H16O4/c14-7-13(8-15-9-13)10-2-3-11-12(6-10)17-5-1-4-16-11/h2-3,6,14H,1,4-5,7-9H2. The Hall–Kier alpha value is -1.26. The molecule has 0 radical (unpaired) electrons. The maximum atomic E-state index is 9.50. The van der Waals surface area contributed by atoms with Crippen molar-refractivity contribution in [2.24, 2.45) is 0 Å². The van der Waals surface area contributed by atoms with Gasteiger partial charge in [0.05, 0.1) is 38.4 Å². The van der Waals surface area contributed by atoms with E-state index in [0.717, 1.165) is 23.5 Å². The van der Waals surface area contributed by atoms with Gasteiger partial charge in [-0.3, -0.25) is 0 Å². The van der Waals surface area contributed by atoms with Crippen molar-refractivity contribution in [2.75, 3.05) is 33.0 Å². The fourth-order valence-electron chi connectivity index (χ4n) is 2.19. The predicted octanol–water partition coefficient (Wildman–Crippen LogP) is 1.11. The lowest BCUT2D eigenvalue weighted by molar-refractivity contribution is -0.0842. The van der Waals surface area contributed by atoms with E-state index in [0.29, 0.717) is 26.4 Å². The van der Waals surface area contributed by atoms with Crippen molar-refractivity contribution in [1.82, 2.24) is 0 Å². The van der Waals surface area contributed by atoms with Gasteiger partial charge in [0, 0.05) is 6.42 Å². The molecule has 2 aliphatic heterocycles. The smallest absolute Gasteiger partial charge is 0.161 e. The van der Waals surface area contributed by atoms with Crippen LogP contribution in [0.25, 0.3) is 0 Å². The van der Waals surface area contributed by atoms with Crippen LogP contribution in [0.5, 0.6) is 11.5 Å². The molecule has 1 fully saturated rings. The maximum Gasteiger partial charge on any atom is 0.161 e. The molecule has 92 valence electrons. The van der Waals surface area contributed by atoms with Crippen LogP contribution in [0.3, 0.4) is 0 Å². The second-order valence-electron chi connectivity index (χ2n) is 4.64. The normalized spacial score (nSPS) is 21.5. The van der Waals surface area contributed by atoms with Crippen molar-refractivity contribution in [3.63, 3.8) is 0 Å². The second-order valence-corrected chi connectivity index (χ2v) is 4.64. The SMILES string of the molecule is OCC1(c2ccc3c(c2)OCCCO3)COC1. The Morgan fingerprint density at radius 3 is 2.53 bits per heavy atom. The van der Waals surface area contributed by atoms with Crippen LogP contribution in [0.15, 0.2) is 18.2 Å². The Balaban J connectivity index is 1.94. The summed E-state index contributed by atoms with van der Waals surface area (Å²) in [6.07, 6.45) is 0.901. The molecule has 1 aromatic carbocycles. The van der Waals surface area contributed by atoms with Gasteiger partial charge in [-0.25, -0.2) is 0 Å². The highest BCUT2D eigenvalue weighted by molar-refractivity contribution is 5.46. The molecular weight excluding hydrogens is 220 g/mol. The van der Waals surface area contributed by atoms with Gasteiger partial charge in [0.25, 0.3) is 0 Å². The van der Waals surface area contributed by atoms with E-state index in [-0.39, 0.29) is 12.0 Å². The number of ether oxygens (including phenoxy) is 3. The van der Waals surface area contributed by atoms with Gasteiger partial charge in [-0.15, -0.1) is 0 Å². The van der Waals surface area contributed by atoms with Crippen molar-refractivity contribution >= 4 is 0 Å². The Bertz CT molecular complexity index is 406. The van der Waals surface area contributed by atoms with Gasteiger partial charge in [-0.2, -0.15) is 0 Å². The zero-order chi connectivity index (χ0) is 11.7. The fourth-order valence-corrected chi connectivity index (χ4v) is 2.19. The van der Waals surface area contributed by atoms with Crippen LogP contribution in [0.2, 0.25) is 0 Å². The lowest BCUT2D eigenvalue weighted by Crippen LogP contribution is -2.49. The zero-order valence-corrected chi connectivity index (χ0v) is 9.65. The summed E-state index contributed by atoms with van der Waals surface area (Å²) in [5, 5.41) is 9.50. The molecule has 4 nitrogen and oxygen atoms in total. The lowest BCUT2D eigenvalue weighted by Gasteiger charge is -2.40. The van der Waals surface area contributed by atoms with E-state index < -0.39 is 0 Å². The largest absolute Gasteiger partial charge is 0.490 e. The Morgan fingerprint density at radius 1 is 1.12 bits per heavy atom. The first-order valence-corrected chi connectivity index (χ1v) is 5.93. The van der Waals surface area contributed by atoms with Gasteiger partial charge in [0.2, 0.25) is 0 Å². The first-order valence-electron chi connectivity index (χ1n) is 5.93. The Kier molecular flexibility index (Phi) is 2.68. The summed E-state index contributed by atoms with van der Waals surface area (Å²) in [5.74, 6) is 1.57. The molecule has 17 heavy (non-hydrogen) atoms. The summed E-state index contributed by atoms with van der Waals surface area (Å²) >= 11 is 0. The zero-order valence-electron chi connectivity index (χ0n) is 9.65. The molecule has 3 rings (SSSR count). The van der Waals surface area contributed by atoms with Gasteiger partial charge >= 0.3 is 0 Å². The van der Waals surface area contributed by atoms with Crippen LogP contribution in [0.1, 0.15) is 12.0 Å². The Labute approximate surface area is 100 Å². The van der Waals surface area contributed by atoms with Crippen molar-refractivity contribution < 1.29 is 19.3 Å². The summed E-state index contributed by atoms with van der Waals surface area (Å²) in [4.78, 5) is 0. The minimum Gasteiger partial charge on any atom is -0.490 e. The van der Waals surface area contributed by atoms with E-state index in [1.54, 1.807) is 0 Å². The lowest BCUT2D eigenvalue weighted by atomic mass is 9.79. The number of fused-ring (bicyclic) bond motifs is 1. The molecule has 0 aromatic heterocycles. The van der Waals surface area contributed by atoms with E-state index in [9.17, 15) is 5.11 Å². The molecule has 4 heteroatoms. The van der Waals surface area contributed by atoms with Crippen LogP contribution in [0, 0.1) is 0 Å². The van der Waals surface area contributed by atoms with E-state index in [1.165, 1.54) is 0 Å². The average Bonchev–Trinajstić information content (AvgIpc) is 2.53. The predicted molar refractivity (Wildman–Crippen MR) is 61.6 cm³/mol. The highest BCUT2D eigenvalue weighted by Gasteiger charge is 2.40. The molecule has 1 aromatic rings. The molecule has 1 saturated heterocycles. The van der Waals surface area contributed by atoms with E-state index in [1.807, 2.05) is 18.2 Å². The van der Waals surface area contributed by atoms with E-state index >= 15 is 0 Å². The summed E-state index contributed by atoms with van der Waals surface area (Å²) in [7, 11) is 0. The molecule has 2 aliphatic rings. The number of aliphatic hydroxyl groups is 1. The molecule has 0 atom stereocenters. The number of aliphatic hydroxyl groups excluding tert-OH is 1. The molecule has 0 saturated carbocycles. The quantitative estimate of drug-likeness (QED) is 0.835. The maximum absolute atomic E-state index is 9.50. The number of rotatable bonds is 2. The summed E-state index contributed by atoms with van der Waals surface area (Å²) in [6, 6.07) is 5.89. The third-order valence-electron chi connectivity index (χ3n) is 3.42. The molecular formula is C13H16O4. The third kappa shape index (κ3) is 1.77. The van der Waals surface area contributed by atoms with Crippen molar-refractivity contribution in [2.45, 2.75) is 11.8 Å².